The van der Waals surface area contributed by atoms with E-state index in [-0.39, 0.29) is 18.6 Å². The molecule has 1 aliphatic heterocycles. The molecule has 0 amide bonds. The fraction of sp³-hybridized carbons (Fsp3) is 0.917. The first-order valence-electron chi connectivity index (χ1n) is 6.58. The Labute approximate surface area is 107 Å². The van der Waals surface area contributed by atoms with Crippen molar-refractivity contribution in [3.05, 3.63) is 0 Å². The molecule has 2 aliphatic rings. The quantitative estimate of drug-likeness (QED) is 0.616. The highest BCUT2D eigenvalue weighted by molar-refractivity contribution is 5.76. The Hall–Kier alpha value is -0.850. The number of fused-ring (bicyclic) bond motifs is 1. The van der Waals surface area contributed by atoms with Crippen molar-refractivity contribution >= 4 is 6.02 Å². The van der Waals surface area contributed by atoms with Gasteiger partial charge in [-0.3, -0.25) is 0 Å². The second-order valence-electron chi connectivity index (χ2n) is 4.89. The molecule has 2 rings (SSSR count). The van der Waals surface area contributed by atoms with Crippen LogP contribution in [0.2, 0.25) is 0 Å². The summed E-state index contributed by atoms with van der Waals surface area (Å²) in [6.07, 6.45) is -1.61. The van der Waals surface area contributed by atoms with Gasteiger partial charge in [0.05, 0.1) is 6.10 Å². The molecule has 0 radical (unpaired) electrons. The second kappa shape index (κ2) is 5.42. The number of hydrogen-bond donors (Lipinski definition) is 3. The van der Waals surface area contributed by atoms with E-state index >= 15 is 0 Å². The Morgan fingerprint density at radius 2 is 1.94 bits per heavy atom. The number of aliphatic imine (C=N–C) groups is 1. The Bertz CT molecular complexity index is 319. The number of aliphatic hydroxyl groups is 3. The zero-order chi connectivity index (χ0) is 13.3. The summed E-state index contributed by atoms with van der Waals surface area (Å²) in [7, 11) is 0. The smallest absolute Gasteiger partial charge is 0.288 e. The van der Waals surface area contributed by atoms with E-state index in [1.165, 1.54) is 0 Å². The lowest BCUT2D eigenvalue weighted by atomic mass is 9.80. The third-order valence-corrected chi connectivity index (χ3v) is 3.88. The molecule has 104 valence electrons. The van der Waals surface area contributed by atoms with Gasteiger partial charge in [-0.1, -0.05) is 0 Å². The standard InChI is InChI=1S/C12H22N2O4/c1-3-14(4-2)12-13-9-8(18-12)5-7(6-15)10(16)11(9)17/h7-11,15-17H,3-6H2,1-2H3/t7-,8-,9-,10-,11-/m1/s1. The van der Waals surface area contributed by atoms with Gasteiger partial charge in [-0.15, -0.1) is 0 Å². The molecule has 0 unspecified atom stereocenters. The first kappa shape index (κ1) is 13.6. The lowest BCUT2D eigenvalue weighted by Gasteiger charge is -2.36. The topological polar surface area (TPSA) is 85.5 Å². The van der Waals surface area contributed by atoms with E-state index in [2.05, 4.69) is 4.99 Å². The molecular weight excluding hydrogens is 236 g/mol. The second-order valence-corrected chi connectivity index (χ2v) is 4.89. The normalized spacial score (nSPS) is 38.9. The van der Waals surface area contributed by atoms with Crippen molar-refractivity contribution in [2.75, 3.05) is 19.7 Å². The maximum Gasteiger partial charge on any atom is 0.288 e. The van der Waals surface area contributed by atoms with Crippen LogP contribution in [0.15, 0.2) is 4.99 Å². The average Bonchev–Trinajstić information content (AvgIpc) is 2.79. The van der Waals surface area contributed by atoms with E-state index in [0.717, 1.165) is 13.1 Å². The molecule has 0 aromatic heterocycles. The van der Waals surface area contributed by atoms with Crippen molar-refractivity contribution in [3.63, 3.8) is 0 Å². The first-order chi connectivity index (χ1) is 8.62. The minimum atomic E-state index is -0.964. The number of ether oxygens (including phenoxy) is 1. The molecule has 18 heavy (non-hydrogen) atoms. The van der Waals surface area contributed by atoms with Crippen LogP contribution in [0.1, 0.15) is 20.3 Å². The van der Waals surface area contributed by atoms with Crippen LogP contribution >= 0.6 is 0 Å². The lowest BCUT2D eigenvalue weighted by Crippen LogP contribution is -2.52. The number of hydrogen-bond acceptors (Lipinski definition) is 6. The van der Waals surface area contributed by atoms with Crippen LogP contribution in [0.25, 0.3) is 0 Å². The van der Waals surface area contributed by atoms with E-state index in [1.807, 2.05) is 18.7 Å². The van der Waals surface area contributed by atoms with E-state index in [9.17, 15) is 15.3 Å². The van der Waals surface area contributed by atoms with Crippen molar-refractivity contribution in [2.24, 2.45) is 10.9 Å². The van der Waals surface area contributed by atoms with E-state index < -0.39 is 18.2 Å². The minimum absolute atomic E-state index is 0.147. The summed E-state index contributed by atoms with van der Waals surface area (Å²) in [5.41, 5.74) is 0. The number of rotatable bonds is 3. The van der Waals surface area contributed by atoms with Crippen molar-refractivity contribution in [1.29, 1.82) is 0 Å². The van der Waals surface area contributed by atoms with Gasteiger partial charge < -0.3 is 25.0 Å². The highest BCUT2D eigenvalue weighted by Crippen LogP contribution is 2.33. The molecule has 1 aliphatic carbocycles. The molecule has 0 aromatic carbocycles. The first-order valence-corrected chi connectivity index (χ1v) is 6.58. The average molecular weight is 258 g/mol. The lowest BCUT2D eigenvalue weighted by molar-refractivity contribution is -0.0955. The van der Waals surface area contributed by atoms with Gasteiger partial charge in [0, 0.05) is 25.6 Å². The zero-order valence-corrected chi connectivity index (χ0v) is 10.9. The summed E-state index contributed by atoms with van der Waals surface area (Å²) in [4.78, 5) is 6.36. The maximum atomic E-state index is 10.0. The molecule has 0 aromatic rings. The fourth-order valence-electron chi connectivity index (χ4n) is 2.68. The third-order valence-electron chi connectivity index (χ3n) is 3.88. The summed E-state index contributed by atoms with van der Waals surface area (Å²) >= 11 is 0. The van der Waals surface area contributed by atoms with Crippen LogP contribution in [0, 0.1) is 5.92 Å². The molecule has 0 spiro atoms. The molecule has 1 fully saturated rings. The van der Waals surface area contributed by atoms with Crippen LogP contribution < -0.4 is 0 Å². The Morgan fingerprint density at radius 3 is 2.50 bits per heavy atom. The molecule has 3 N–H and O–H groups in total. The predicted octanol–water partition coefficient (Wildman–Crippen LogP) is -0.814. The summed E-state index contributed by atoms with van der Waals surface area (Å²) in [6.45, 7) is 5.46. The van der Waals surface area contributed by atoms with Gasteiger partial charge in [0.25, 0.3) is 6.02 Å². The van der Waals surface area contributed by atoms with Crippen molar-refractivity contribution in [2.45, 2.75) is 44.6 Å². The van der Waals surface area contributed by atoms with Gasteiger partial charge in [-0.05, 0) is 20.3 Å². The molecular formula is C12H22N2O4. The number of amidine groups is 1. The Morgan fingerprint density at radius 1 is 1.28 bits per heavy atom. The highest BCUT2D eigenvalue weighted by Gasteiger charge is 2.48. The number of aliphatic hydroxyl groups excluding tert-OH is 3. The zero-order valence-electron chi connectivity index (χ0n) is 10.9. The Balaban J connectivity index is 2.12. The molecule has 6 nitrogen and oxygen atoms in total. The SMILES string of the molecule is CCN(CC)C1=N[C@H]2[C@@H](O)[C@H](O)[C@@H](CO)C[C@H]2O1. The van der Waals surface area contributed by atoms with Crippen LogP contribution in [-0.2, 0) is 4.74 Å². The third kappa shape index (κ3) is 2.20. The molecule has 1 heterocycles. The molecule has 0 bridgehead atoms. The van der Waals surface area contributed by atoms with Gasteiger partial charge in [-0.25, -0.2) is 4.99 Å². The summed E-state index contributed by atoms with van der Waals surface area (Å²) in [5, 5.41) is 29.1. The molecule has 0 saturated heterocycles. The summed E-state index contributed by atoms with van der Waals surface area (Å²) in [5.74, 6) is -0.340. The predicted molar refractivity (Wildman–Crippen MR) is 66.2 cm³/mol. The number of nitrogens with zero attached hydrogens (tertiary/aromatic N) is 2. The van der Waals surface area contributed by atoms with Crippen molar-refractivity contribution in [3.8, 4) is 0 Å². The van der Waals surface area contributed by atoms with Crippen LogP contribution in [0.4, 0.5) is 0 Å². The van der Waals surface area contributed by atoms with Gasteiger partial charge in [0.1, 0.15) is 18.2 Å². The van der Waals surface area contributed by atoms with Gasteiger partial charge in [0.15, 0.2) is 0 Å². The van der Waals surface area contributed by atoms with Gasteiger partial charge >= 0.3 is 0 Å². The van der Waals surface area contributed by atoms with E-state index in [0.29, 0.717) is 12.4 Å². The van der Waals surface area contributed by atoms with Crippen LogP contribution in [0.3, 0.4) is 0 Å². The van der Waals surface area contributed by atoms with E-state index in [1.54, 1.807) is 0 Å². The maximum absolute atomic E-state index is 10.0. The van der Waals surface area contributed by atoms with Crippen molar-refractivity contribution < 1.29 is 20.1 Å². The van der Waals surface area contributed by atoms with Crippen LogP contribution in [-0.4, -0.2) is 70.3 Å². The summed E-state index contributed by atoms with van der Waals surface area (Å²) < 4.78 is 5.75. The van der Waals surface area contributed by atoms with Crippen molar-refractivity contribution in [1.82, 2.24) is 4.90 Å². The summed E-state index contributed by atoms with van der Waals surface area (Å²) in [6, 6.07) is 0.123. The molecule has 1 saturated carbocycles. The van der Waals surface area contributed by atoms with Gasteiger partial charge in [-0.2, -0.15) is 0 Å². The van der Waals surface area contributed by atoms with Gasteiger partial charge in [0.2, 0.25) is 0 Å². The van der Waals surface area contributed by atoms with Crippen LogP contribution in [0.5, 0.6) is 0 Å². The largest absolute Gasteiger partial charge is 0.459 e. The Kier molecular flexibility index (Phi) is 4.09. The van der Waals surface area contributed by atoms with E-state index in [4.69, 9.17) is 4.74 Å². The molecule has 6 heteroatoms. The minimum Gasteiger partial charge on any atom is -0.459 e. The monoisotopic (exact) mass is 258 g/mol. The molecule has 5 atom stereocenters. The highest BCUT2D eigenvalue weighted by atomic mass is 16.5. The fourth-order valence-corrected chi connectivity index (χ4v) is 2.68.